The van der Waals surface area contributed by atoms with Crippen molar-refractivity contribution in [1.82, 2.24) is 5.32 Å². The van der Waals surface area contributed by atoms with Crippen LogP contribution in [-0.4, -0.2) is 11.1 Å². The van der Waals surface area contributed by atoms with Crippen molar-refractivity contribution in [3.63, 3.8) is 0 Å². The van der Waals surface area contributed by atoms with E-state index in [4.69, 9.17) is 6.42 Å². The fourth-order valence-corrected chi connectivity index (χ4v) is 2.37. The summed E-state index contributed by atoms with van der Waals surface area (Å²) in [7, 11) is 0. The largest absolute Gasteiger partial charge is 0.507 e. The minimum absolute atomic E-state index is 0.0629. The van der Waals surface area contributed by atoms with Crippen LogP contribution in [0, 0.1) is 12.3 Å². The molecule has 0 fully saturated rings. The second-order valence-electron chi connectivity index (χ2n) is 4.92. The molecule has 2 nitrogen and oxygen atoms in total. The molecule has 2 unspecified atom stereocenters. The van der Waals surface area contributed by atoms with Gasteiger partial charge in [-0.3, -0.25) is 0 Å². The first kappa shape index (κ1) is 13.5. The molecule has 98 valence electrons. The average molecular weight is 253 g/mol. The molecule has 2 rings (SSSR count). The maximum atomic E-state index is 10.4. The van der Waals surface area contributed by atoms with Gasteiger partial charge in [-0.2, -0.15) is 0 Å². The maximum absolute atomic E-state index is 10.4. The number of phenolic OH excluding ortho intramolecular Hbond substituents is 1. The second-order valence-corrected chi connectivity index (χ2v) is 4.92. The number of hydrogen-bond acceptors (Lipinski definition) is 2. The molecule has 2 atom stereocenters. The number of rotatable bonds is 4. The van der Waals surface area contributed by atoms with Crippen LogP contribution < -0.4 is 5.32 Å². The minimum atomic E-state index is 0.0629. The first-order valence-corrected chi connectivity index (χ1v) is 6.53. The van der Waals surface area contributed by atoms with Crippen LogP contribution in [0.3, 0.4) is 0 Å². The molecule has 0 bridgehead atoms. The van der Waals surface area contributed by atoms with E-state index in [1.165, 1.54) is 0 Å². The van der Waals surface area contributed by atoms with Gasteiger partial charge in [-0.05, 0) is 19.2 Å². The number of nitrogens with one attached hydrogen (secondary N) is 1. The number of phenols is 1. The fourth-order valence-electron chi connectivity index (χ4n) is 2.37. The standard InChI is InChI=1S/C17H19NO/c1-4-7-12(2)18-13(3)15-11-10-14-8-5-6-9-16(14)17(15)19/h1,5-6,8-13,18-19H,7H2,2-3H3. The van der Waals surface area contributed by atoms with Crippen molar-refractivity contribution in [3.8, 4) is 18.1 Å². The Morgan fingerprint density at radius 1 is 1.21 bits per heavy atom. The summed E-state index contributed by atoms with van der Waals surface area (Å²) in [6.45, 7) is 4.09. The lowest BCUT2D eigenvalue weighted by atomic mass is 10.0. The van der Waals surface area contributed by atoms with Crippen molar-refractivity contribution in [3.05, 3.63) is 42.0 Å². The summed E-state index contributed by atoms with van der Waals surface area (Å²) in [5, 5.41) is 15.7. The van der Waals surface area contributed by atoms with Gasteiger partial charge in [0.05, 0.1) is 0 Å². The van der Waals surface area contributed by atoms with Crippen LogP contribution in [0.2, 0.25) is 0 Å². The van der Waals surface area contributed by atoms with E-state index in [9.17, 15) is 5.11 Å². The summed E-state index contributed by atoms with van der Waals surface area (Å²) in [6, 6.07) is 12.1. The Kier molecular flexibility index (Phi) is 4.09. The Hall–Kier alpha value is -1.98. The number of benzene rings is 2. The molecule has 2 N–H and O–H groups in total. The number of hydrogen-bond donors (Lipinski definition) is 2. The van der Waals surface area contributed by atoms with Crippen molar-refractivity contribution in [2.75, 3.05) is 0 Å². The Balaban J connectivity index is 2.30. The summed E-state index contributed by atoms with van der Waals surface area (Å²) < 4.78 is 0. The number of terminal acetylenes is 1. The van der Waals surface area contributed by atoms with Gasteiger partial charge in [0.15, 0.2) is 0 Å². The van der Waals surface area contributed by atoms with Crippen molar-refractivity contribution in [2.24, 2.45) is 0 Å². The van der Waals surface area contributed by atoms with E-state index in [1.54, 1.807) is 0 Å². The van der Waals surface area contributed by atoms with E-state index in [1.807, 2.05) is 43.3 Å². The average Bonchev–Trinajstić information content (AvgIpc) is 2.39. The molecule has 0 saturated heterocycles. The third-order valence-corrected chi connectivity index (χ3v) is 3.36. The predicted octanol–water partition coefficient (Wildman–Crippen LogP) is 3.61. The van der Waals surface area contributed by atoms with Gasteiger partial charge in [-0.15, -0.1) is 12.3 Å². The smallest absolute Gasteiger partial charge is 0.128 e. The quantitative estimate of drug-likeness (QED) is 0.816. The molecular formula is C17H19NO. The Labute approximate surface area is 114 Å². The molecule has 0 amide bonds. The van der Waals surface area contributed by atoms with Crippen molar-refractivity contribution in [1.29, 1.82) is 0 Å². The first-order chi connectivity index (χ1) is 9.13. The minimum Gasteiger partial charge on any atom is -0.507 e. The monoisotopic (exact) mass is 253 g/mol. The zero-order chi connectivity index (χ0) is 13.8. The third-order valence-electron chi connectivity index (χ3n) is 3.36. The van der Waals surface area contributed by atoms with Crippen molar-refractivity contribution in [2.45, 2.75) is 32.4 Å². The summed E-state index contributed by atoms with van der Waals surface area (Å²) in [6.07, 6.45) is 5.99. The highest BCUT2D eigenvalue weighted by molar-refractivity contribution is 5.89. The Bertz CT molecular complexity index is 612. The predicted molar refractivity (Wildman–Crippen MR) is 80.1 cm³/mol. The van der Waals surface area contributed by atoms with E-state index in [0.29, 0.717) is 12.2 Å². The fraction of sp³-hybridized carbons (Fsp3) is 0.294. The van der Waals surface area contributed by atoms with Crippen LogP contribution in [0.25, 0.3) is 10.8 Å². The van der Waals surface area contributed by atoms with Crippen LogP contribution in [0.15, 0.2) is 36.4 Å². The van der Waals surface area contributed by atoms with Crippen molar-refractivity contribution >= 4 is 10.8 Å². The highest BCUT2D eigenvalue weighted by atomic mass is 16.3. The molecule has 0 aromatic heterocycles. The van der Waals surface area contributed by atoms with Gasteiger partial charge in [-0.1, -0.05) is 36.4 Å². The summed E-state index contributed by atoms with van der Waals surface area (Å²) in [5.74, 6) is 3.00. The van der Waals surface area contributed by atoms with Gasteiger partial charge >= 0.3 is 0 Å². The van der Waals surface area contributed by atoms with E-state index < -0.39 is 0 Å². The van der Waals surface area contributed by atoms with Crippen LogP contribution in [0.4, 0.5) is 0 Å². The third kappa shape index (κ3) is 2.89. The maximum Gasteiger partial charge on any atom is 0.128 e. The molecule has 2 aromatic carbocycles. The SMILES string of the molecule is C#CCC(C)NC(C)c1ccc2ccccc2c1O. The lowest BCUT2D eigenvalue weighted by molar-refractivity contribution is 0.441. The van der Waals surface area contributed by atoms with E-state index >= 15 is 0 Å². The van der Waals surface area contributed by atoms with E-state index in [0.717, 1.165) is 16.3 Å². The van der Waals surface area contributed by atoms with Gasteiger partial charge in [-0.25, -0.2) is 0 Å². The topological polar surface area (TPSA) is 32.3 Å². The summed E-state index contributed by atoms with van der Waals surface area (Å²) in [4.78, 5) is 0. The molecule has 0 heterocycles. The normalized spacial score (nSPS) is 13.9. The van der Waals surface area contributed by atoms with Crippen LogP contribution >= 0.6 is 0 Å². The van der Waals surface area contributed by atoms with Gasteiger partial charge in [0, 0.05) is 29.5 Å². The van der Waals surface area contributed by atoms with Crippen LogP contribution in [-0.2, 0) is 0 Å². The van der Waals surface area contributed by atoms with Crippen LogP contribution in [0.1, 0.15) is 31.9 Å². The zero-order valence-corrected chi connectivity index (χ0v) is 11.4. The van der Waals surface area contributed by atoms with Gasteiger partial charge in [0.2, 0.25) is 0 Å². The van der Waals surface area contributed by atoms with Gasteiger partial charge in [0.25, 0.3) is 0 Å². The molecule has 2 heteroatoms. The second kappa shape index (κ2) is 5.77. The lowest BCUT2D eigenvalue weighted by Gasteiger charge is -2.20. The molecule has 0 aliphatic rings. The van der Waals surface area contributed by atoms with Gasteiger partial charge in [0.1, 0.15) is 5.75 Å². The molecule has 0 aliphatic heterocycles. The molecule has 0 saturated carbocycles. The summed E-state index contributed by atoms with van der Waals surface area (Å²) in [5.41, 5.74) is 0.905. The number of aromatic hydroxyl groups is 1. The van der Waals surface area contributed by atoms with E-state index in [-0.39, 0.29) is 12.1 Å². The molecule has 0 aliphatic carbocycles. The molecule has 2 aromatic rings. The molecule has 0 radical (unpaired) electrons. The Morgan fingerprint density at radius 3 is 2.68 bits per heavy atom. The molecule has 19 heavy (non-hydrogen) atoms. The highest BCUT2D eigenvalue weighted by Gasteiger charge is 2.14. The molecular weight excluding hydrogens is 234 g/mol. The van der Waals surface area contributed by atoms with Gasteiger partial charge < -0.3 is 10.4 Å². The first-order valence-electron chi connectivity index (χ1n) is 6.53. The van der Waals surface area contributed by atoms with Crippen LogP contribution in [0.5, 0.6) is 5.75 Å². The highest BCUT2D eigenvalue weighted by Crippen LogP contribution is 2.32. The van der Waals surface area contributed by atoms with E-state index in [2.05, 4.69) is 18.2 Å². The number of fused-ring (bicyclic) bond motifs is 1. The summed E-state index contributed by atoms with van der Waals surface area (Å²) >= 11 is 0. The van der Waals surface area contributed by atoms with Crippen molar-refractivity contribution < 1.29 is 5.11 Å². The zero-order valence-electron chi connectivity index (χ0n) is 11.4. The lowest BCUT2D eigenvalue weighted by Crippen LogP contribution is -2.28. The Morgan fingerprint density at radius 2 is 1.95 bits per heavy atom. The molecule has 0 spiro atoms.